The highest BCUT2D eigenvalue weighted by molar-refractivity contribution is 5.84. The lowest BCUT2D eigenvalue weighted by Crippen LogP contribution is -2.44. The molecule has 14 heteroatoms. The van der Waals surface area contributed by atoms with E-state index in [4.69, 9.17) is 4.74 Å². The van der Waals surface area contributed by atoms with Gasteiger partial charge < -0.3 is 50.5 Å². The van der Waals surface area contributed by atoms with E-state index < -0.39 is 12.0 Å². The van der Waals surface area contributed by atoms with Gasteiger partial charge in [0.2, 0.25) is 18.2 Å². The van der Waals surface area contributed by atoms with Crippen LogP contribution >= 0.6 is 0 Å². The first kappa shape index (κ1) is 76.8. The predicted molar refractivity (Wildman–Crippen MR) is 265 cm³/mol. The number of rotatable bonds is 34. The van der Waals surface area contributed by atoms with Gasteiger partial charge in [-0.05, 0) is 119 Å². The van der Waals surface area contributed by atoms with Crippen LogP contribution in [0.25, 0.3) is 0 Å². The van der Waals surface area contributed by atoms with Gasteiger partial charge in [0.25, 0.3) is 0 Å². The molecule has 0 aromatic carbocycles. The van der Waals surface area contributed by atoms with Gasteiger partial charge in [0, 0.05) is 51.6 Å². The molecule has 0 rings (SSSR count). The third kappa shape index (κ3) is 90.2. The number of Topliss-reactive ketones (excluding diaryl/α,β-unsaturated/α-hetero) is 2. The summed E-state index contributed by atoms with van der Waals surface area (Å²) in [6.07, 6.45) is 19.4. The third-order valence-electron chi connectivity index (χ3n) is 7.79. The number of unbranched alkanes of at least 4 members (excludes halogenated alkanes) is 11. The van der Waals surface area contributed by atoms with Crippen LogP contribution in [0.5, 0.6) is 0 Å². The highest BCUT2D eigenvalue weighted by atomic mass is 16.5. The number of ketones is 2. The van der Waals surface area contributed by atoms with Crippen LogP contribution in [0.2, 0.25) is 0 Å². The van der Waals surface area contributed by atoms with Crippen molar-refractivity contribution in [1.29, 1.82) is 0 Å². The van der Waals surface area contributed by atoms with Gasteiger partial charge in [0.15, 0.2) is 0 Å². The molecule has 14 nitrogen and oxygen atoms in total. The van der Waals surface area contributed by atoms with Crippen LogP contribution in [-0.2, 0) is 43.1 Å². The van der Waals surface area contributed by atoms with Crippen molar-refractivity contribution in [2.24, 2.45) is 0 Å². The monoisotopic (exact) mass is 906 g/mol. The lowest BCUT2D eigenvalue weighted by Gasteiger charge is -2.15. The molecule has 5 N–H and O–H groups in total. The molecule has 0 saturated carbocycles. The van der Waals surface area contributed by atoms with Crippen LogP contribution in [0.15, 0.2) is 0 Å². The molecule has 0 fully saturated rings. The number of nitrogens with one attached hydrogen (secondary N) is 5. The van der Waals surface area contributed by atoms with Crippen molar-refractivity contribution >= 4 is 48.3 Å². The van der Waals surface area contributed by atoms with E-state index in [-0.39, 0.29) is 42.8 Å². The van der Waals surface area contributed by atoms with Crippen LogP contribution in [-0.4, -0.2) is 101 Å². The topological polar surface area (TPSA) is 206 Å². The summed E-state index contributed by atoms with van der Waals surface area (Å²) in [6.45, 7) is 26.7. The maximum Gasteiger partial charge on any atom is 0.305 e. The van der Waals surface area contributed by atoms with Gasteiger partial charge in [-0.15, -0.1) is 0 Å². The highest BCUT2D eigenvalue weighted by Crippen LogP contribution is 2.05. The fourth-order valence-electron chi connectivity index (χ4n) is 4.60. The molecule has 0 bridgehead atoms. The van der Waals surface area contributed by atoms with E-state index in [0.717, 1.165) is 116 Å². The minimum absolute atomic E-state index is 0.0327. The summed E-state index contributed by atoms with van der Waals surface area (Å²) >= 11 is 0. The molecule has 0 radical (unpaired) electrons. The van der Waals surface area contributed by atoms with Crippen LogP contribution < -0.4 is 26.6 Å². The first-order valence-electron chi connectivity index (χ1n) is 24.6. The molecular weight excluding hydrogens is 803 g/mol. The van der Waals surface area contributed by atoms with Crippen molar-refractivity contribution in [3.63, 3.8) is 0 Å². The maximum atomic E-state index is 12.1. The Morgan fingerprint density at radius 2 is 0.968 bits per heavy atom. The van der Waals surface area contributed by atoms with Crippen LogP contribution in [0, 0.1) is 0 Å². The van der Waals surface area contributed by atoms with E-state index in [9.17, 15) is 38.4 Å². The van der Waals surface area contributed by atoms with E-state index in [1.165, 1.54) is 12.8 Å². The molecule has 0 spiro atoms. The van der Waals surface area contributed by atoms with E-state index in [1.54, 1.807) is 13.8 Å². The van der Waals surface area contributed by atoms with Gasteiger partial charge in [-0.3, -0.25) is 19.2 Å². The SMILES string of the molecule is CC.CC.CC.CC.CC(=O)CCCCCNC(=O)C(CCC(=O)OCCCCCC(C)=O)NC=O.CCCCC=O.CCNC(=O)CCCCCNC.CNCCCCCC=O. The van der Waals surface area contributed by atoms with E-state index in [0.29, 0.717) is 38.6 Å². The van der Waals surface area contributed by atoms with Gasteiger partial charge in [0.05, 0.1) is 6.61 Å². The number of carbonyl (C=O) groups is 8. The first-order chi connectivity index (χ1) is 30.5. The Balaban J connectivity index is -0.000000118. The predicted octanol–water partition coefficient (Wildman–Crippen LogP) is 9.19. The number of carbonyl (C=O) groups excluding carboxylic acids is 8. The van der Waals surface area contributed by atoms with Crippen molar-refractivity contribution in [2.45, 2.75) is 224 Å². The van der Waals surface area contributed by atoms with Gasteiger partial charge in [-0.1, -0.05) is 88.0 Å². The standard InChI is InChI=1S/C20H34N2O6.C9H20N2O.C7H15NO.C5H10O.4C2H6/c1-16(24)9-5-3-7-13-21-20(27)18(22-15-23)11-12-19(26)28-14-8-4-6-10-17(2)25;1-3-11-9(12)7-5-4-6-8-10-2;1-8-6-4-2-3-5-7-9;1-2-3-4-5-6;4*1-2/h15,18H,3-14H2,1-2H3,(H,21,27)(H,22,23);10H,3-8H2,1-2H3,(H,11,12);7-8H,2-6H2,1H3;5H,2-4H2,1H3;4*1-2H3. The average Bonchev–Trinajstić information content (AvgIpc) is 3.29. The maximum absolute atomic E-state index is 12.1. The summed E-state index contributed by atoms with van der Waals surface area (Å²) in [5, 5.41) is 14.1. The van der Waals surface area contributed by atoms with Gasteiger partial charge in [0.1, 0.15) is 30.2 Å². The lowest BCUT2D eigenvalue weighted by molar-refractivity contribution is -0.144. The van der Waals surface area contributed by atoms with Crippen molar-refractivity contribution in [2.75, 3.05) is 46.9 Å². The molecule has 0 aliphatic carbocycles. The van der Waals surface area contributed by atoms with E-state index >= 15 is 0 Å². The molecule has 378 valence electrons. The zero-order chi connectivity index (χ0) is 50.2. The average molecular weight is 906 g/mol. The van der Waals surface area contributed by atoms with Gasteiger partial charge in [-0.2, -0.15) is 0 Å². The molecule has 0 aromatic rings. The van der Waals surface area contributed by atoms with Crippen molar-refractivity contribution in [1.82, 2.24) is 26.6 Å². The Hall–Kier alpha value is -3.52. The molecule has 1 atom stereocenters. The first-order valence-corrected chi connectivity index (χ1v) is 24.6. The van der Waals surface area contributed by atoms with Crippen molar-refractivity contribution in [3.05, 3.63) is 0 Å². The number of ether oxygens (including phenoxy) is 1. The zero-order valence-electron chi connectivity index (χ0n) is 43.4. The molecule has 0 saturated heterocycles. The van der Waals surface area contributed by atoms with Gasteiger partial charge >= 0.3 is 5.97 Å². The van der Waals surface area contributed by atoms with Crippen molar-refractivity contribution in [3.8, 4) is 0 Å². The molecule has 0 aliphatic heterocycles. The lowest BCUT2D eigenvalue weighted by atomic mass is 10.1. The highest BCUT2D eigenvalue weighted by Gasteiger charge is 2.19. The quantitative estimate of drug-likeness (QED) is 0.0234. The van der Waals surface area contributed by atoms with Crippen LogP contribution in [0.3, 0.4) is 0 Å². The van der Waals surface area contributed by atoms with Crippen LogP contribution in [0.4, 0.5) is 0 Å². The van der Waals surface area contributed by atoms with E-state index in [2.05, 4.69) is 33.5 Å². The Bertz CT molecular complexity index is 954. The second-order valence-corrected chi connectivity index (χ2v) is 13.2. The van der Waals surface area contributed by atoms with Gasteiger partial charge in [-0.25, -0.2) is 0 Å². The summed E-state index contributed by atoms with van der Waals surface area (Å²) in [5.74, 6) is -0.263. The molecule has 3 amide bonds. The Morgan fingerprint density at radius 1 is 0.524 bits per heavy atom. The fourth-order valence-corrected chi connectivity index (χ4v) is 4.60. The molecular formula is C49H103N5O9. The summed E-state index contributed by atoms with van der Waals surface area (Å²) in [4.78, 5) is 86.6. The fraction of sp³-hybridized carbons (Fsp3) is 0.837. The number of hydrogen-bond donors (Lipinski definition) is 5. The largest absolute Gasteiger partial charge is 0.466 e. The minimum atomic E-state index is -0.780. The third-order valence-corrected chi connectivity index (χ3v) is 7.79. The molecule has 0 aromatic heterocycles. The van der Waals surface area contributed by atoms with E-state index in [1.807, 2.05) is 76.4 Å². The normalized spacial score (nSPS) is 9.43. The smallest absolute Gasteiger partial charge is 0.305 e. The Kier molecular flexibility index (Phi) is 96.2. The molecule has 1 unspecified atom stereocenters. The second kappa shape index (κ2) is 78.9. The second-order valence-electron chi connectivity index (χ2n) is 13.2. The van der Waals surface area contributed by atoms with Crippen LogP contribution in [0.1, 0.15) is 218 Å². The number of esters is 1. The number of aldehydes is 2. The molecule has 0 aliphatic rings. The Morgan fingerprint density at radius 3 is 1.38 bits per heavy atom. The summed E-state index contributed by atoms with van der Waals surface area (Å²) in [5.41, 5.74) is 0. The number of hydrogen-bond acceptors (Lipinski definition) is 11. The summed E-state index contributed by atoms with van der Waals surface area (Å²) in [7, 11) is 3.89. The summed E-state index contributed by atoms with van der Waals surface area (Å²) < 4.78 is 5.10. The molecule has 0 heterocycles. The minimum Gasteiger partial charge on any atom is -0.466 e. The molecule has 63 heavy (non-hydrogen) atoms. The Labute approximate surface area is 387 Å². The van der Waals surface area contributed by atoms with Crippen molar-refractivity contribution < 1.29 is 43.1 Å². The summed E-state index contributed by atoms with van der Waals surface area (Å²) in [6, 6.07) is -0.780. The zero-order valence-corrected chi connectivity index (χ0v) is 43.4. The number of amides is 3.